The summed E-state index contributed by atoms with van der Waals surface area (Å²) < 4.78 is 11.7. The smallest absolute Gasteiger partial charge is 0.0713 e. The second kappa shape index (κ2) is 7.13. The molecule has 0 aromatic rings. The predicted molar refractivity (Wildman–Crippen MR) is 77.4 cm³/mol. The van der Waals surface area contributed by atoms with Gasteiger partial charge in [0.05, 0.1) is 11.7 Å². The molecule has 0 aromatic heterocycles. The van der Waals surface area contributed by atoms with Gasteiger partial charge in [-0.05, 0) is 51.0 Å². The quantitative estimate of drug-likeness (QED) is 0.833. The van der Waals surface area contributed by atoms with Crippen LogP contribution in [0.2, 0.25) is 0 Å². The molecule has 3 nitrogen and oxygen atoms in total. The summed E-state index contributed by atoms with van der Waals surface area (Å²) in [7, 11) is 0. The van der Waals surface area contributed by atoms with Gasteiger partial charge in [-0.2, -0.15) is 11.8 Å². The van der Waals surface area contributed by atoms with E-state index in [1.165, 1.54) is 30.8 Å². The first-order valence-electron chi connectivity index (χ1n) is 7.31. The molecule has 2 rings (SSSR count). The van der Waals surface area contributed by atoms with Gasteiger partial charge < -0.3 is 14.8 Å². The summed E-state index contributed by atoms with van der Waals surface area (Å²) in [5.41, 5.74) is 0.190. The molecule has 2 saturated heterocycles. The molecule has 0 bridgehead atoms. The van der Waals surface area contributed by atoms with Gasteiger partial charge >= 0.3 is 0 Å². The third-order valence-electron chi connectivity index (χ3n) is 4.04. The van der Waals surface area contributed by atoms with E-state index in [1.54, 1.807) is 0 Å². The molecule has 0 amide bonds. The number of hydrogen-bond donors (Lipinski definition) is 1. The molecule has 1 spiro atoms. The zero-order valence-electron chi connectivity index (χ0n) is 11.7. The Balaban J connectivity index is 1.76. The second-order valence-electron chi connectivity index (χ2n) is 5.51. The number of ether oxygens (including phenoxy) is 2. The van der Waals surface area contributed by atoms with Gasteiger partial charge in [-0.3, -0.25) is 0 Å². The summed E-state index contributed by atoms with van der Waals surface area (Å²) >= 11 is 2.07. The fourth-order valence-corrected chi connectivity index (χ4v) is 4.21. The fourth-order valence-electron chi connectivity index (χ4n) is 2.97. The van der Waals surface area contributed by atoms with E-state index in [0.29, 0.717) is 12.1 Å². The first-order chi connectivity index (χ1) is 8.74. The van der Waals surface area contributed by atoms with Crippen molar-refractivity contribution in [3.63, 3.8) is 0 Å². The predicted octanol–water partition coefficient (Wildman–Crippen LogP) is 2.45. The van der Waals surface area contributed by atoms with Gasteiger partial charge in [0.25, 0.3) is 0 Å². The molecule has 4 heteroatoms. The number of thioether (sulfide) groups is 1. The summed E-state index contributed by atoms with van der Waals surface area (Å²) in [6, 6.07) is 0.616. The van der Waals surface area contributed by atoms with Crippen molar-refractivity contribution < 1.29 is 9.47 Å². The molecule has 2 unspecified atom stereocenters. The maximum atomic E-state index is 6.11. The Morgan fingerprint density at radius 2 is 2.22 bits per heavy atom. The van der Waals surface area contributed by atoms with Crippen LogP contribution in [0.5, 0.6) is 0 Å². The molecule has 2 aliphatic heterocycles. The van der Waals surface area contributed by atoms with Crippen LogP contribution in [0, 0.1) is 0 Å². The van der Waals surface area contributed by atoms with E-state index in [4.69, 9.17) is 9.47 Å². The highest BCUT2D eigenvalue weighted by atomic mass is 32.2. The maximum absolute atomic E-state index is 6.11. The molecule has 0 radical (unpaired) electrons. The van der Waals surface area contributed by atoms with Gasteiger partial charge in [-0.1, -0.05) is 0 Å². The molecular formula is C14H27NO2S. The average molecular weight is 273 g/mol. The van der Waals surface area contributed by atoms with E-state index in [9.17, 15) is 0 Å². The fraction of sp³-hybridized carbons (Fsp3) is 1.00. The summed E-state index contributed by atoms with van der Waals surface area (Å²) in [5.74, 6) is 2.53. The van der Waals surface area contributed by atoms with Gasteiger partial charge in [0.15, 0.2) is 0 Å². The molecule has 106 valence electrons. The van der Waals surface area contributed by atoms with E-state index in [-0.39, 0.29) is 5.60 Å². The van der Waals surface area contributed by atoms with Gasteiger partial charge in [0, 0.05) is 25.8 Å². The van der Waals surface area contributed by atoms with Crippen LogP contribution in [-0.2, 0) is 9.47 Å². The third-order valence-corrected chi connectivity index (χ3v) is 5.03. The third kappa shape index (κ3) is 4.12. The molecule has 1 N–H and O–H groups in total. The molecular weight excluding hydrogens is 246 g/mol. The van der Waals surface area contributed by atoms with Crippen LogP contribution in [0.15, 0.2) is 0 Å². The lowest BCUT2D eigenvalue weighted by molar-refractivity contribution is -0.0941. The first kappa shape index (κ1) is 14.6. The van der Waals surface area contributed by atoms with Crippen LogP contribution < -0.4 is 5.32 Å². The number of hydrogen-bond acceptors (Lipinski definition) is 4. The Labute approximate surface area is 115 Å². The van der Waals surface area contributed by atoms with Gasteiger partial charge in [0.1, 0.15) is 0 Å². The van der Waals surface area contributed by atoms with Crippen molar-refractivity contribution in [3.05, 3.63) is 0 Å². The Kier molecular flexibility index (Phi) is 5.80. The topological polar surface area (TPSA) is 30.5 Å². The average Bonchev–Trinajstić information content (AvgIpc) is 2.38. The minimum absolute atomic E-state index is 0.190. The van der Waals surface area contributed by atoms with Crippen LogP contribution in [0.3, 0.4) is 0 Å². The SMILES string of the molecule is CCOC(C)CNC1CCOC2(CCSCC2)C1. The zero-order chi connectivity index (χ0) is 12.8. The molecule has 18 heavy (non-hydrogen) atoms. The van der Waals surface area contributed by atoms with Gasteiger partial charge in [0.2, 0.25) is 0 Å². The minimum Gasteiger partial charge on any atom is -0.377 e. The van der Waals surface area contributed by atoms with Crippen molar-refractivity contribution in [1.82, 2.24) is 5.32 Å². The van der Waals surface area contributed by atoms with Crippen molar-refractivity contribution in [3.8, 4) is 0 Å². The second-order valence-corrected chi connectivity index (χ2v) is 6.73. The van der Waals surface area contributed by atoms with Gasteiger partial charge in [-0.25, -0.2) is 0 Å². The highest BCUT2D eigenvalue weighted by Crippen LogP contribution is 2.37. The van der Waals surface area contributed by atoms with Crippen molar-refractivity contribution in [2.24, 2.45) is 0 Å². The molecule has 2 heterocycles. The number of rotatable bonds is 5. The molecule has 2 atom stereocenters. The summed E-state index contributed by atoms with van der Waals surface area (Å²) in [5, 5.41) is 3.67. The van der Waals surface area contributed by atoms with E-state index in [2.05, 4.69) is 30.9 Å². The van der Waals surface area contributed by atoms with Gasteiger partial charge in [-0.15, -0.1) is 0 Å². The Morgan fingerprint density at radius 3 is 2.94 bits per heavy atom. The van der Waals surface area contributed by atoms with Crippen molar-refractivity contribution in [1.29, 1.82) is 0 Å². The highest BCUT2D eigenvalue weighted by Gasteiger charge is 2.38. The van der Waals surface area contributed by atoms with E-state index in [1.807, 2.05) is 0 Å². The summed E-state index contributed by atoms with van der Waals surface area (Å²) in [6.45, 7) is 6.88. The standard InChI is InChI=1S/C14H27NO2S/c1-3-16-12(2)11-15-13-4-7-17-14(10-13)5-8-18-9-6-14/h12-13,15H,3-11H2,1-2H3. The maximum Gasteiger partial charge on any atom is 0.0713 e. The van der Waals surface area contributed by atoms with E-state index in [0.717, 1.165) is 26.2 Å². The Bertz CT molecular complexity index is 238. The lowest BCUT2D eigenvalue weighted by Gasteiger charge is -2.43. The summed E-state index contributed by atoms with van der Waals surface area (Å²) in [6.07, 6.45) is 5.11. The summed E-state index contributed by atoms with van der Waals surface area (Å²) in [4.78, 5) is 0. The lowest BCUT2D eigenvalue weighted by Crippen LogP contribution is -2.50. The normalized spacial score (nSPS) is 29.3. The molecule has 2 aliphatic rings. The van der Waals surface area contributed by atoms with Crippen LogP contribution >= 0.6 is 11.8 Å². The van der Waals surface area contributed by atoms with Crippen molar-refractivity contribution >= 4 is 11.8 Å². The Hall–Kier alpha value is 0.230. The lowest BCUT2D eigenvalue weighted by atomic mass is 9.85. The van der Waals surface area contributed by atoms with Crippen LogP contribution in [0.1, 0.15) is 39.5 Å². The highest BCUT2D eigenvalue weighted by molar-refractivity contribution is 7.99. The molecule has 2 fully saturated rings. The minimum atomic E-state index is 0.190. The van der Waals surface area contributed by atoms with E-state index < -0.39 is 0 Å². The van der Waals surface area contributed by atoms with Crippen LogP contribution in [0.25, 0.3) is 0 Å². The monoisotopic (exact) mass is 273 g/mol. The molecule has 0 aromatic carbocycles. The van der Waals surface area contributed by atoms with Crippen molar-refractivity contribution in [2.75, 3.05) is 31.3 Å². The molecule has 0 saturated carbocycles. The largest absolute Gasteiger partial charge is 0.377 e. The number of nitrogens with one attached hydrogen (secondary N) is 1. The van der Waals surface area contributed by atoms with E-state index >= 15 is 0 Å². The van der Waals surface area contributed by atoms with Crippen LogP contribution in [0.4, 0.5) is 0 Å². The zero-order valence-corrected chi connectivity index (χ0v) is 12.6. The first-order valence-corrected chi connectivity index (χ1v) is 8.46. The molecule has 0 aliphatic carbocycles. The van der Waals surface area contributed by atoms with Crippen molar-refractivity contribution in [2.45, 2.75) is 57.3 Å². The van der Waals surface area contributed by atoms with Crippen LogP contribution in [-0.4, -0.2) is 49.0 Å². The Morgan fingerprint density at radius 1 is 1.44 bits per heavy atom.